The highest BCUT2D eigenvalue weighted by molar-refractivity contribution is 7.92. The molecule has 0 saturated heterocycles. The van der Waals surface area contributed by atoms with Crippen LogP contribution in [0.1, 0.15) is 51.9 Å². The lowest BCUT2D eigenvalue weighted by molar-refractivity contribution is 0.0142. The second-order valence-electron chi connectivity index (χ2n) is 6.74. The van der Waals surface area contributed by atoms with Gasteiger partial charge in [0.15, 0.2) is 9.84 Å². The van der Waals surface area contributed by atoms with Gasteiger partial charge < -0.3 is 0 Å². The summed E-state index contributed by atoms with van der Waals surface area (Å²) in [5.74, 6) is 0.900. The predicted octanol–water partition coefficient (Wildman–Crippen LogP) is 4.21. The van der Waals surface area contributed by atoms with Crippen LogP contribution in [0.3, 0.4) is 0 Å². The van der Waals surface area contributed by atoms with Gasteiger partial charge in [0.25, 0.3) is 0 Å². The molecule has 2 fully saturated rings. The largest absolute Gasteiger partial charge is 0.223 e. The fourth-order valence-electron chi connectivity index (χ4n) is 4.18. The Morgan fingerprint density at radius 1 is 1.10 bits per heavy atom. The third kappa shape index (κ3) is 2.41. The summed E-state index contributed by atoms with van der Waals surface area (Å²) in [6, 6.07) is 8.96. The average Bonchev–Trinajstić information content (AvgIpc) is 2.45. The lowest BCUT2D eigenvalue weighted by Crippen LogP contribution is -2.42. The van der Waals surface area contributed by atoms with Crippen molar-refractivity contribution in [3.8, 4) is 0 Å². The predicted molar refractivity (Wildman–Crippen MR) is 81.3 cm³/mol. The molecule has 2 aliphatic rings. The van der Waals surface area contributed by atoms with Crippen molar-refractivity contribution >= 4 is 9.84 Å². The smallest absolute Gasteiger partial charge is 0.181 e. The van der Waals surface area contributed by atoms with Gasteiger partial charge in [0.05, 0.1) is 10.1 Å². The van der Waals surface area contributed by atoms with Crippen molar-refractivity contribution in [2.45, 2.75) is 62.0 Å². The van der Waals surface area contributed by atoms with Gasteiger partial charge in [-0.2, -0.15) is 0 Å². The van der Waals surface area contributed by atoms with Gasteiger partial charge in [0.2, 0.25) is 0 Å². The van der Waals surface area contributed by atoms with Gasteiger partial charge in [-0.05, 0) is 62.0 Å². The third-order valence-corrected chi connectivity index (χ3v) is 7.80. The molecule has 3 rings (SSSR count). The van der Waals surface area contributed by atoms with Crippen LogP contribution >= 0.6 is 0 Å². The third-order valence-electron chi connectivity index (χ3n) is 5.52. The van der Waals surface area contributed by atoms with E-state index in [0.717, 1.165) is 31.6 Å². The second kappa shape index (κ2) is 5.18. The molecule has 1 aromatic rings. The second-order valence-corrected chi connectivity index (χ2v) is 8.97. The van der Waals surface area contributed by atoms with E-state index in [2.05, 4.69) is 6.92 Å². The fourth-order valence-corrected chi connectivity index (χ4v) is 5.96. The molecule has 0 atom stereocenters. The standard InChI is InChI=1S/C17H24O2S/c1-2-14-12-17(13-14)10-8-16(9-11-17)20(18,19)15-6-4-3-5-7-15/h3-7,14,16H,2,8-13H2,1H3. The van der Waals surface area contributed by atoms with Crippen molar-refractivity contribution in [2.24, 2.45) is 11.3 Å². The van der Waals surface area contributed by atoms with Crippen molar-refractivity contribution < 1.29 is 8.42 Å². The molecule has 0 heterocycles. The van der Waals surface area contributed by atoms with E-state index in [9.17, 15) is 8.42 Å². The number of benzene rings is 1. The summed E-state index contributed by atoms with van der Waals surface area (Å²) < 4.78 is 25.3. The van der Waals surface area contributed by atoms with E-state index in [1.807, 2.05) is 18.2 Å². The highest BCUT2D eigenvalue weighted by atomic mass is 32.2. The van der Waals surface area contributed by atoms with Gasteiger partial charge in [0.1, 0.15) is 0 Å². The minimum atomic E-state index is -3.12. The number of rotatable bonds is 3. The Balaban J connectivity index is 1.67. The number of hydrogen-bond donors (Lipinski definition) is 0. The zero-order valence-corrected chi connectivity index (χ0v) is 13.0. The molecule has 2 nitrogen and oxygen atoms in total. The summed E-state index contributed by atoms with van der Waals surface area (Å²) in [7, 11) is -3.12. The first-order chi connectivity index (χ1) is 9.56. The van der Waals surface area contributed by atoms with Crippen LogP contribution in [0.5, 0.6) is 0 Å². The lowest BCUT2D eigenvalue weighted by atomic mass is 9.55. The van der Waals surface area contributed by atoms with Crippen LogP contribution in [0.15, 0.2) is 35.2 Å². The van der Waals surface area contributed by atoms with Crippen LogP contribution in [0.2, 0.25) is 0 Å². The van der Waals surface area contributed by atoms with E-state index >= 15 is 0 Å². The molecule has 0 bridgehead atoms. The quantitative estimate of drug-likeness (QED) is 0.836. The van der Waals surface area contributed by atoms with E-state index in [1.165, 1.54) is 19.3 Å². The SMILES string of the molecule is CCC1CC2(CCC(S(=O)(=O)c3ccccc3)CC2)C1. The van der Waals surface area contributed by atoms with Crippen LogP contribution < -0.4 is 0 Å². The fraction of sp³-hybridized carbons (Fsp3) is 0.647. The molecule has 2 aliphatic carbocycles. The monoisotopic (exact) mass is 292 g/mol. The molecule has 0 unspecified atom stereocenters. The summed E-state index contributed by atoms with van der Waals surface area (Å²) in [6.45, 7) is 2.27. The summed E-state index contributed by atoms with van der Waals surface area (Å²) in [5.41, 5.74) is 0.503. The Bertz CT molecular complexity index is 546. The summed E-state index contributed by atoms with van der Waals surface area (Å²) in [4.78, 5) is 0.501. The lowest BCUT2D eigenvalue weighted by Gasteiger charge is -2.51. The van der Waals surface area contributed by atoms with Gasteiger partial charge >= 0.3 is 0 Å². The zero-order chi connectivity index (χ0) is 14.2. The Morgan fingerprint density at radius 2 is 1.70 bits per heavy atom. The minimum absolute atomic E-state index is 0.156. The summed E-state index contributed by atoms with van der Waals surface area (Å²) >= 11 is 0. The highest BCUT2D eigenvalue weighted by Crippen LogP contribution is 2.56. The molecular formula is C17H24O2S. The van der Waals surface area contributed by atoms with E-state index in [-0.39, 0.29) is 5.25 Å². The summed E-state index contributed by atoms with van der Waals surface area (Å²) in [5, 5.41) is -0.156. The van der Waals surface area contributed by atoms with Gasteiger partial charge in [-0.3, -0.25) is 0 Å². The van der Waals surface area contributed by atoms with E-state index < -0.39 is 9.84 Å². The highest BCUT2D eigenvalue weighted by Gasteiger charge is 2.47. The maximum Gasteiger partial charge on any atom is 0.181 e. The number of sulfone groups is 1. The van der Waals surface area contributed by atoms with Crippen LogP contribution in [-0.4, -0.2) is 13.7 Å². The first kappa shape index (κ1) is 14.1. The Labute approximate surface area is 122 Å². The molecule has 0 amide bonds. The Kier molecular flexibility index (Phi) is 3.65. The molecule has 0 aromatic heterocycles. The molecule has 2 saturated carbocycles. The molecule has 0 aliphatic heterocycles. The van der Waals surface area contributed by atoms with Crippen molar-refractivity contribution in [1.82, 2.24) is 0 Å². The van der Waals surface area contributed by atoms with Gasteiger partial charge in [-0.25, -0.2) is 8.42 Å². The van der Waals surface area contributed by atoms with Gasteiger partial charge in [0, 0.05) is 0 Å². The van der Waals surface area contributed by atoms with E-state index in [1.54, 1.807) is 12.1 Å². The van der Waals surface area contributed by atoms with Crippen molar-refractivity contribution in [3.05, 3.63) is 30.3 Å². The molecule has 110 valence electrons. The maximum absolute atomic E-state index is 12.6. The maximum atomic E-state index is 12.6. The van der Waals surface area contributed by atoms with Crippen LogP contribution in [0, 0.1) is 11.3 Å². The minimum Gasteiger partial charge on any atom is -0.223 e. The van der Waals surface area contributed by atoms with E-state index in [0.29, 0.717) is 10.3 Å². The molecule has 3 heteroatoms. The zero-order valence-electron chi connectivity index (χ0n) is 12.2. The van der Waals surface area contributed by atoms with Crippen LogP contribution in [0.25, 0.3) is 0 Å². The van der Waals surface area contributed by atoms with Crippen molar-refractivity contribution in [1.29, 1.82) is 0 Å². The normalized spacial score (nSPS) is 33.9. The van der Waals surface area contributed by atoms with Crippen molar-refractivity contribution in [3.63, 3.8) is 0 Å². The van der Waals surface area contributed by atoms with Gasteiger partial charge in [-0.1, -0.05) is 31.5 Å². The van der Waals surface area contributed by atoms with Crippen LogP contribution in [-0.2, 0) is 9.84 Å². The van der Waals surface area contributed by atoms with Crippen LogP contribution in [0.4, 0.5) is 0 Å². The number of hydrogen-bond acceptors (Lipinski definition) is 2. The van der Waals surface area contributed by atoms with Gasteiger partial charge in [-0.15, -0.1) is 0 Å². The average molecular weight is 292 g/mol. The Morgan fingerprint density at radius 3 is 2.25 bits per heavy atom. The van der Waals surface area contributed by atoms with E-state index in [4.69, 9.17) is 0 Å². The first-order valence-corrected chi connectivity index (χ1v) is 9.39. The molecule has 0 radical (unpaired) electrons. The summed E-state index contributed by atoms with van der Waals surface area (Å²) in [6.07, 6.45) is 7.89. The molecule has 1 aromatic carbocycles. The van der Waals surface area contributed by atoms with Crippen molar-refractivity contribution in [2.75, 3.05) is 0 Å². The first-order valence-electron chi connectivity index (χ1n) is 7.85. The molecular weight excluding hydrogens is 268 g/mol. The molecule has 20 heavy (non-hydrogen) atoms. The Hall–Kier alpha value is -0.830. The molecule has 1 spiro atoms. The molecule has 0 N–H and O–H groups in total. The topological polar surface area (TPSA) is 34.1 Å².